The lowest BCUT2D eigenvalue weighted by atomic mass is 10.1. The van der Waals surface area contributed by atoms with Crippen molar-refractivity contribution in [3.8, 4) is 5.75 Å². The molecule has 30 heavy (non-hydrogen) atoms. The highest BCUT2D eigenvalue weighted by atomic mass is 32.1. The number of nitrogens with one attached hydrogen (secondary N) is 1. The maximum absolute atomic E-state index is 12.9. The van der Waals surface area contributed by atoms with Crippen LogP contribution in [0.25, 0.3) is 0 Å². The molecule has 0 unspecified atom stereocenters. The Morgan fingerprint density at radius 1 is 1.10 bits per heavy atom. The normalized spacial score (nSPS) is 10.7. The maximum Gasteiger partial charge on any atom is 0.355 e. The van der Waals surface area contributed by atoms with Gasteiger partial charge in [-0.15, -0.1) is 11.3 Å². The Labute approximate surface area is 176 Å². The molecular weight excluding hydrogens is 411 g/mol. The number of benzene rings is 1. The number of aromatic nitrogens is 2. The van der Waals surface area contributed by atoms with E-state index >= 15 is 0 Å². The molecule has 7 nitrogen and oxygen atoms in total. The minimum absolute atomic E-state index is 0.00924. The second-order valence-corrected chi connectivity index (χ2v) is 7.34. The summed E-state index contributed by atoms with van der Waals surface area (Å²) in [5, 5.41) is 2.47. The average molecular weight is 432 g/mol. The van der Waals surface area contributed by atoms with Gasteiger partial charge in [-0.1, -0.05) is 0 Å². The van der Waals surface area contributed by atoms with Gasteiger partial charge in [0.1, 0.15) is 35.5 Å². The quantitative estimate of drug-likeness (QED) is 0.533. The number of hydrogen-bond donors (Lipinski definition) is 1. The monoisotopic (exact) mass is 432 g/mol. The molecular formula is C21H21FN2O5S. The fraction of sp³-hybridized carbons (Fsp3) is 0.286. The van der Waals surface area contributed by atoms with E-state index in [4.69, 9.17) is 14.2 Å². The summed E-state index contributed by atoms with van der Waals surface area (Å²) in [5.74, 6) is -0.852. The summed E-state index contributed by atoms with van der Waals surface area (Å²) in [6, 6.07) is 5.72. The van der Waals surface area contributed by atoms with Crippen LogP contribution in [0.2, 0.25) is 0 Å². The fourth-order valence-corrected chi connectivity index (χ4v) is 3.52. The molecule has 2 aromatic heterocycles. The highest BCUT2D eigenvalue weighted by Gasteiger charge is 2.24. The van der Waals surface area contributed by atoms with E-state index in [0.717, 1.165) is 0 Å². The van der Waals surface area contributed by atoms with Crippen molar-refractivity contribution < 1.29 is 28.2 Å². The molecule has 0 spiro atoms. The number of esters is 2. The molecule has 0 bridgehead atoms. The smallest absolute Gasteiger partial charge is 0.355 e. The molecule has 2 heterocycles. The number of hydrogen-bond acceptors (Lipinski definition) is 7. The minimum Gasteiger partial charge on any atom is -0.486 e. The van der Waals surface area contributed by atoms with Crippen LogP contribution in [0, 0.1) is 19.7 Å². The molecule has 0 radical (unpaired) electrons. The van der Waals surface area contributed by atoms with Crippen molar-refractivity contribution in [1.82, 2.24) is 9.97 Å². The molecule has 0 amide bonds. The number of aryl methyl sites for hydroxylation is 1. The molecule has 0 aliphatic heterocycles. The number of ether oxygens (including phenoxy) is 3. The van der Waals surface area contributed by atoms with E-state index in [9.17, 15) is 14.0 Å². The third-order valence-corrected chi connectivity index (χ3v) is 5.12. The first-order valence-corrected chi connectivity index (χ1v) is 10.1. The van der Waals surface area contributed by atoms with Gasteiger partial charge in [0, 0.05) is 11.1 Å². The van der Waals surface area contributed by atoms with Crippen LogP contribution in [0.1, 0.15) is 49.7 Å². The molecule has 158 valence electrons. The Balaban J connectivity index is 1.58. The molecule has 0 fully saturated rings. The van der Waals surface area contributed by atoms with Crippen LogP contribution < -0.4 is 4.74 Å². The first-order valence-electron chi connectivity index (χ1n) is 9.24. The Hall–Kier alpha value is -3.20. The van der Waals surface area contributed by atoms with E-state index in [1.165, 1.54) is 35.6 Å². The second-order valence-electron chi connectivity index (χ2n) is 6.40. The first-order chi connectivity index (χ1) is 14.4. The predicted octanol–water partition coefficient (Wildman–Crippen LogP) is 4.34. The van der Waals surface area contributed by atoms with Gasteiger partial charge in [-0.25, -0.2) is 19.0 Å². The van der Waals surface area contributed by atoms with Gasteiger partial charge in [-0.05, 0) is 50.6 Å². The number of aromatic amines is 1. The number of rotatable bonds is 8. The van der Waals surface area contributed by atoms with E-state index < -0.39 is 11.9 Å². The second kappa shape index (κ2) is 9.53. The van der Waals surface area contributed by atoms with E-state index in [-0.39, 0.29) is 31.3 Å². The number of carbonyl (C=O) groups is 2. The molecule has 0 saturated heterocycles. The van der Waals surface area contributed by atoms with Crippen LogP contribution in [-0.4, -0.2) is 28.5 Å². The first kappa shape index (κ1) is 21.5. The van der Waals surface area contributed by atoms with Gasteiger partial charge >= 0.3 is 11.9 Å². The lowest BCUT2D eigenvalue weighted by Crippen LogP contribution is -2.09. The van der Waals surface area contributed by atoms with E-state index in [1.807, 2.05) is 0 Å². The summed E-state index contributed by atoms with van der Waals surface area (Å²) in [6.45, 7) is 5.53. The van der Waals surface area contributed by atoms with E-state index in [1.54, 1.807) is 26.2 Å². The summed E-state index contributed by atoms with van der Waals surface area (Å²) < 4.78 is 28.8. The summed E-state index contributed by atoms with van der Waals surface area (Å²) in [5.41, 5.74) is 2.17. The Morgan fingerprint density at radius 2 is 1.83 bits per heavy atom. The molecule has 3 aromatic rings. The third-order valence-electron chi connectivity index (χ3n) is 4.25. The maximum atomic E-state index is 12.9. The Morgan fingerprint density at radius 3 is 2.53 bits per heavy atom. The molecule has 0 aliphatic rings. The zero-order valence-electron chi connectivity index (χ0n) is 16.8. The van der Waals surface area contributed by atoms with Gasteiger partial charge in [0.05, 0.1) is 17.9 Å². The molecule has 9 heteroatoms. The summed E-state index contributed by atoms with van der Waals surface area (Å²) in [6.07, 6.45) is 0. The number of nitrogens with zero attached hydrogens (tertiary/aromatic N) is 1. The molecule has 1 aromatic carbocycles. The van der Waals surface area contributed by atoms with Crippen molar-refractivity contribution in [1.29, 1.82) is 0 Å². The standard InChI is InChI=1S/C21H21FN2O5S/c1-4-27-21(26)19-12(2)18(13(3)23-19)20(25)29-9-15-11-30-17(24-15)10-28-16-7-5-14(22)6-8-16/h5-8,11,23H,4,9-10H2,1-3H3. The zero-order chi connectivity index (χ0) is 21.7. The highest BCUT2D eigenvalue weighted by molar-refractivity contribution is 7.09. The Kier molecular flexibility index (Phi) is 6.83. The lowest BCUT2D eigenvalue weighted by Gasteiger charge is -2.05. The van der Waals surface area contributed by atoms with Crippen molar-refractivity contribution >= 4 is 23.3 Å². The van der Waals surface area contributed by atoms with Crippen molar-refractivity contribution in [2.75, 3.05) is 6.61 Å². The SMILES string of the molecule is CCOC(=O)c1[nH]c(C)c(C(=O)OCc2csc(COc3ccc(F)cc3)n2)c1C. The summed E-state index contributed by atoms with van der Waals surface area (Å²) in [4.78, 5) is 31.8. The Bertz CT molecular complexity index is 1040. The summed E-state index contributed by atoms with van der Waals surface area (Å²) >= 11 is 1.37. The lowest BCUT2D eigenvalue weighted by molar-refractivity contribution is 0.0466. The van der Waals surface area contributed by atoms with E-state index in [0.29, 0.717) is 33.3 Å². The van der Waals surface area contributed by atoms with Gasteiger partial charge in [-0.3, -0.25) is 0 Å². The van der Waals surface area contributed by atoms with Crippen molar-refractivity contribution in [2.24, 2.45) is 0 Å². The number of carbonyl (C=O) groups excluding carboxylic acids is 2. The van der Waals surface area contributed by atoms with Crippen molar-refractivity contribution in [3.63, 3.8) is 0 Å². The van der Waals surface area contributed by atoms with E-state index in [2.05, 4.69) is 9.97 Å². The summed E-state index contributed by atoms with van der Waals surface area (Å²) in [7, 11) is 0. The van der Waals surface area contributed by atoms with Gasteiger partial charge < -0.3 is 19.2 Å². The number of thiazole rings is 1. The third kappa shape index (κ3) is 5.04. The molecule has 0 aliphatic carbocycles. The van der Waals surface area contributed by atoms with Gasteiger partial charge in [0.25, 0.3) is 0 Å². The largest absolute Gasteiger partial charge is 0.486 e. The zero-order valence-corrected chi connectivity index (χ0v) is 17.6. The van der Waals surface area contributed by atoms with Crippen LogP contribution >= 0.6 is 11.3 Å². The topological polar surface area (TPSA) is 90.5 Å². The highest BCUT2D eigenvalue weighted by Crippen LogP contribution is 2.21. The van der Waals surface area contributed by atoms with Gasteiger partial charge in [-0.2, -0.15) is 0 Å². The van der Waals surface area contributed by atoms with Crippen molar-refractivity contribution in [2.45, 2.75) is 34.0 Å². The van der Waals surface area contributed by atoms with Crippen molar-refractivity contribution in [3.05, 3.63) is 68.7 Å². The molecule has 0 saturated carbocycles. The van der Waals surface area contributed by atoms with Crippen LogP contribution in [0.5, 0.6) is 5.75 Å². The van der Waals surface area contributed by atoms with Crippen LogP contribution in [0.4, 0.5) is 4.39 Å². The molecule has 0 atom stereocenters. The van der Waals surface area contributed by atoms with Crippen LogP contribution in [-0.2, 0) is 22.7 Å². The number of halogens is 1. The number of H-pyrrole nitrogens is 1. The van der Waals surface area contributed by atoms with Gasteiger partial charge in [0.15, 0.2) is 0 Å². The minimum atomic E-state index is -0.547. The van der Waals surface area contributed by atoms with Crippen LogP contribution in [0.3, 0.4) is 0 Å². The van der Waals surface area contributed by atoms with Crippen LogP contribution in [0.15, 0.2) is 29.6 Å². The predicted molar refractivity (Wildman–Crippen MR) is 108 cm³/mol. The molecule has 3 rings (SSSR count). The fourth-order valence-electron chi connectivity index (χ4n) is 2.83. The average Bonchev–Trinajstić information content (AvgIpc) is 3.29. The molecule has 1 N–H and O–H groups in total. The van der Waals surface area contributed by atoms with Gasteiger partial charge in [0.2, 0.25) is 0 Å².